The monoisotopic (exact) mass is 316 g/mol. The standard InChI is InChI=1S/C14H21ClN2O2S/c1-8(2)9(3)20(19)10(4)14(18)17-11-5-6-12(15)13(16)7-11/h5-10H,16H2,1-4H3,(H,17,18). The molecule has 4 nitrogen and oxygen atoms in total. The molecule has 0 aromatic heterocycles. The number of benzene rings is 1. The van der Waals surface area contributed by atoms with Gasteiger partial charge in [-0.1, -0.05) is 32.4 Å². The second kappa shape index (κ2) is 7.09. The van der Waals surface area contributed by atoms with Gasteiger partial charge in [-0.25, -0.2) is 0 Å². The molecule has 0 fully saturated rings. The maximum atomic E-state index is 12.2. The van der Waals surface area contributed by atoms with Crippen LogP contribution >= 0.6 is 11.6 Å². The topological polar surface area (TPSA) is 72.2 Å². The molecule has 1 aromatic rings. The first-order valence-corrected chi connectivity index (χ1v) is 8.14. The van der Waals surface area contributed by atoms with E-state index < -0.39 is 16.0 Å². The predicted octanol–water partition coefficient (Wildman–Crippen LogP) is 3.04. The van der Waals surface area contributed by atoms with Crippen LogP contribution in [-0.4, -0.2) is 20.6 Å². The first-order valence-electron chi connectivity index (χ1n) is 6.49. The van der Waals surface area contributed by atoms with E-state index in [1.54, 1.807) is 25.1 Å². The van der Waals surface area contributed by atoms with Crippen molar-refractivity contribution in [3.8, 4) is 0 Å². The molecule has 0 radical (unpaired) electrons. The Kier molecular flexibility index (Phi) is 6.02. The smallest absolute Gasteiger partial charge is 0.239 e. The van der Waals surface area contributed by atoms with Gasteiger partial charge < -0.3 is 11.1 Å². The van der Waals surface area contributed by atoms with Gasteiger partial charge in [0, 0.05) is 21.7 Å². The Morgan fingerprint density at radius 2 is 1.90 bits per heavy atom. The highest BCUT2D eigenvalue weighted by atomic mass is 35.5. The average Bonchev–Trinajstić information content (AvgIpc) is 2.40. The number of halogens is 1. The van der Waals surface area contributed by atoms with Crippen LogP contribution in [0.3, 0.4) is 0 Å². The van der Waals surface area contributed by atoms with Crippen molar-refractivity contribution >= 4 is 39.7 Å². The number of anilines is 2. The summed E-state index contributed by atoms with van der Waals surface area (Å²) in [6, 6.07) is 4.87. The molecule has 3 atom stereocenters. The lowest BCUT2D eigenvalue weighted by Crippen LogP contribution is -2.35. The fourth-order valence-electron chi connectivity index (χ4n) is 1.56. The first-order chi connectivity index (χ1) is 9.23. The molecule has 0 aliphatic rings. The van der Waals surface area contributed by atoms with Crippen molar-refractivity contribution in [3.63, 3.8) is 0 Å². The second-order valence-electron chi connectivity index (χ2n) is 5.15. The molecule has 0 saturated heterocycles. The van der Waals surface area contributed by atoms with Crippen molar-refractivity contribution in [1.82, 2.24) is 0 Å². The molecule has 3 N–H and O–H groups in total. The largest absolute Gasteiger partial charge is 0.397 e. The van der Waals surface area contributed by atoms with E-state index in [-0.39, 0.29) is 17.1 Å². The van der Waals surface area contributed by atoms with Gasteiger partial charge in [0.05, 0.1) is 10.7 Å². The van der Waals surface area contributed by atoms with Crippen molar-refractivity contribution in [1.29, 1.82) is 0 Å². The van der Waals surface area contributed by atoms with Crippen LogP contribution in [0, 0.1) is 5.92 Å². The van der Waals surface area contributed by atoms with Gasteiger partial charge in [0.2, 0.25) is 5.91 Å². The summed E-state index contributed by atoms with van der Waals surface area (Å²) in [5, 5.41) is 2.54. The third kappa shape index (κ3) is 4.21. The summed E-state index contributed by atoms with van der Waals surface area (Å²) in [6.07, 6.45) is 0. The van der Waals surface area contributed by atoms with Crippen LogP contribution in [0.2, 0.25) is 5.02 Å². The summed E-state index contributed by atoms with van der Waals surface area (Å²) in [5.74, 6) is -0.0187. The van der Waals surface area contributed by atoms with E-state index in [1.807, 2.05) is 20.8 Å². The highest BCUT2D eigenvalue weighted by Crippen LogP contribution is 2.23. The lowest BCUT2D eigenvalue weighted by molar-refractivity contribution is -0.115. The fraction of sp³-hybridized carbons (Fsp3) is 0.500. The quantitative estimate of drug-likeness (QED) is 0.820. The second-order valence-corrected chi connectivity index (χ2v) is 7.66. The van der Waals surface area contributed by atoms with Crippen LogP contribution in [-0.2, 0) is 15.6 Å². The Bertz CT molecular complexity index is 520. The lowest BCUT2D eigenvalue weighted by Gasteiger charge is -2.20. The van der Waals surface area contributed by atoms with Gasteiger partial charge in [0.1, 0.15) is 5.25 Å². The van der Waals surface area contributed by atoms with E-state index in [9.17, 15) is 9.00 Å². The zero-order chi connectivity index (χ0) is 15.4. The van der Waals surface area contributed by atoms with Gasteiger partial charge >= 0.3 is 0 Å². The number of rotatable bonds is 5. The van der Waals surface area contributed by atoms with E-state index in [0.717, 1.165) is 0 Å². The number of carbonyl (C=O) groups is 1. The average molecular weight is 317 g/mol. The summed E-state index contributed by atoms with van der Waals surface area (Å²) in [4.78, 5) is 12.1. The van der Waals surface area contributed by atoms with Crippen molar-refractivity contribution in [2.24, 2.45) is 5.92 Å². The number of carbonyl (C=O) groups excluding carboxylic acids is 1. The lowest BCUT2D eigenvalue weighted by atomic mass is 10.2. The van der Waals surface area contributed by atoms with Crippen LogP contribution in [0.15, 0.2) is 18.2 Å². The molecule has 0 aliphatic heterocycles. The van der Waals surface area contributed by atoms with Crippen LogP contribution in [0.25, 0.3) is 0 Å². The van der Waals surface area contributed by atoms with E-state index in [0.29, 0.717) is 16.4 Å². The molecule has 0 spiro atoms. The maximum Gasteiger partial charge on any atom is 0.239 e. The van der Waals surface area contributed by atoms with Gasteiger partial charge in [-0.05, 0) is 31.0 Å². The van der Waals surface area contributed by atoms with Crippen molar-refractivity contribution in [2.45, 2.75) is 38.2 Å². The number of nitrogen functional groups attached to an aromatic ring is 1. The molecule has 6 heteroatoms. The highest BCUT2D eigenvalue weighted by molar-refractivity contribution is 7.87. The Labute approximate surface area is 127 Å². The molecule has 0 saturated carbocycles. The van der Waals surface area contributed by atoms with Gasteiger partial charge in [-0.3, -0.25) is 9.00 Å². The Hall–Kier alpha value is -1.07. The van der Waals surface area contributed by atoms with Gasteiger partial charge in [-0.15, -0.1) is 0 Å². The summed E-state index contributed by atoms with van der Waals surface area (Å²) < 4.78 is 12.2. The van der Waals surface area contributed by atoms with Crippen LogP contribution in [0.5, 0.6) is 0 Å². The van der Waals surface area contributed by atoms with Crippen molar-refractivity contribution < 1.29 is 9.00 Å². The number of nitrogens with one attached hydrogen (secondary N) is 1. The minimum atomic E-state index is -1.22. The maximum absolute atomic E-state index is 12.2. The molecule has 1 aromatic carbocycles. The molecular formula is C14H21ClN2O2S. The molecular weight excluding hydrogens is 296 g/mol. The molecule has 0 bridgehead atoms. The van der Waals surface area contributed by atoms with Crippen LogP contribution in [0.1, 0.15) is 27.7 Å². The molecule has 112 valence electrons. The summed E-state index contributed by atoms with van der Waals surface area (Å²) in [5.41, 5.74) is 6.63. The highest BCUT2D eigenvalue weighted by Gasteiger charge is 2.26. The zero-order valence-electron chi connectivity index (χ0n) is 12.1. The third-order valence-electron chi connectivity index (χ3n) is 3.29. The van der Waals surface area contributed by atoms with Gasteiger partial charge in [-0.2, -0.15) is 0 Å². The zero-order valence-corrected chi connectivity index (χ0v) is 13.7. The molecule has 0 aliphatic carbocycles. The molecule has 0 heterocycles. The van der Waals surface area contributed by atoms with Crippen molar-refractivity contribution in [2.75, 3.05) is 11.1 Å². The Morgan fingerprint density at radius 1 is 1.30 bits per heavy atom. The third-order valence-corrected chi connectivity index (χ3v) is 5.82. The minimum absolute atomic E-state index is 0.0361. The molecule has 1 amide bonds. The summed E-state index contributed by atoms with van der Waals surface area (Å²) in [7, 11) is -1.22. The number of hydrogen-bond donors (Lipinski definition) is 2. The van der Waals surface area contributed by atoms with Gasteiger partial charge in [0.25, 0.3) is 0 Å². The van der Waals surface area contributed by atoms with Gasteiger partial charge in [0.15, 0.2) is 0 Å². The predicted molar refractivity (Wildman–Crippen MR) is 86.4 cm³/mol. The number of amides is 1. The molecule has 3 unspecified atom stereocenters. The minimum Gasteiger partial charge on any atom is -0.397 e. The number of hydrogen-bond acceptors (Lipinski definition) is 3. The van der Waals surface area contributed by atoms with Crippen molar-refractivity contribution in [3.05, 3.63) is 23.2 Å². The molecule has 1 rings (SSSR count). The van der Waals surface area contributed by atoms with Crippen LogP contribution in [0.4, 0.5) is 11.4 Å². The Balaban J connectivity index is 2.75. The summed E-state index contributed by atoms with van der Waals surface area (Å²) in [6.45, 7) is 7.55. The first kappa shape index (κ1) is 17.0. The van der Waals surface area contributed by atoms with E-state index in [4.69, 9.17) is 17.3 Å². The Morgan fingerprint density at radius 3 is 2.40 bits per heavy atom. The van der Waals surface area contributed by atoms with E-state index in [1.165, 1.54) is 0 Å². The molecule has 20 heavy (non-hydrogen) atoms. The summed E-state index contributed by atoms with van der Waals surface area (Å²) >= 11 is 5.82. The van der Waals surface area contributed by atoms with E-state index >= 15 is 0 Å². The fourth-order valence-corrected chi connectivity index (χ4v) is 3.13. The van der Waals surface area contributed by atoms with Crippen LogP contribution < -0.4 is 11.1 Å². The van der Waals surface area contributed by atoms with E-state index in [2.05, 4.69) is 5.32 Å². The SMILES string of the molecule is CC(C)C(C)S(=O)C(C)C(=O)Nc1ccc(Cl)c(N)c1. The normalized spacial score (nSPS) is 15.7. The number of nitrogens with two attached hydrogens (primary N) is 1.